The van der Waals surface area contributed by atoms with E-state index in [1.165, 1.54) is 17.3 Å². The fourth-order valence-corrected chi connectivity index (χ4v) is 4.75. The summed E-state index contributed by atoms with van der Waals surface area (Å²) >= 11 is 1.36. The lowest BCUT2D eigenvalue weighted by Crippen LogP contribution is -2.30. The Balaban J connectivity index is 1.43. The third kappa shape index (κ3) is 8.84. The van der Waals surface area contributed by atoms with E-state index in [9.17, 15) is 14.4 Å². The van der Waals surface area contributed by atoms with E-state index in [2.05, 4.69) is 29.8 Å². The second kappa shape index (κ2) is 14.7. The molecule has 0 aliphatic heterocycles. The smallest absolute Gasteiger partial charge is 0.272 e. The van der Waals surface area contributed by atoms with E-state index in [0.29, 0.717) is 28.5 Å². The fourth-order valence-electron chi connectivity index (χ4n) is 4.00. The fraction of sp³-hybridized carbons (Fsp3) is 0.147. The van der Waals surface area contributed by atoms with Gasteiger partial charge in [0.25, 0.3) is 11.8 Å². The molecule has 4 aromatic rings. The van der Waals surface area contributed by atoms with Gasteiger partial charge in [-0.25, -0.2) is 0 Å². The van der Waals surface area contributed by atoms with Crippen molar-refractivity contribution in [1.29, 1.82) is 0 Å². The third-order valence-corrected chi connectivity index (χ3v) is 7.25. The monoisotopic (exact) mass is 579 g/mol. The quantitative estimate of drug-likeness (QED) is 0.132. The number of rotatable bonds is 11. The van der Waals surface area contributed by atoms with E-state index in [1.807, 2.05) is 42.5 Å². The normalized spacial score (nSPS) is 11.1. The van der Waals surface area contributed by atoms with E-state index < -0.39 is 11.8 Å². The summed E-state index contributed by atoms with van der Waals surface area (Å²) in [6, 6.07) is 30.9. The molecule has 214 valence electrons. The van der Waals surface area contributed by atoms with E-state index in [-0.39, 0.29) is 17.4 Å². The molecule has 3 amide bonds. The van der Waals surface area contributed by atoms with Gasteiger partial charge in [0, 0.05) is 21.8 Å². The molecule has 0 saturated carbocycles. The second-order valence-electron chi connectivity index (χ2n) is 9.75. The van der Waals surface area contributed by atoms with Gasteiger partial charge in [-0.1, -0.05) is 62.4 Å². The Bertz CT molecular complexity index is 1570. The highest BCUT2D eigenvalue weighted by molar-refractivity contribution is 8.00. The molecule has 0 fully saturated rings. The molecule has 0 aliphatic carbocycles. The van der Waals surface area contributed by atoms with Crippen molar-refractivity contribution >= 4 is 46.9 Å². The maximum absolute atomic E-state index is 13.4. The molecule has 4 aromatic carbocycles. The van der Waals surface area contributed by atoms with Gasteiger partial charge in [-0.15, -0.1) is 11.8 Å². The SMILES string of the molecule is COc1cccc(/C=C(\NC(=O)c2ccccc2)C(=O)Nc2cccc(SCC(=O)Nc3ccc(C(C)C)cc3)c2)c1. The number of hydrogen-bond acceptors (Lipinski definition) is 5. The van der Waals surface area contributed by atoms with Crippen molar-refractivity contribution in [2.75, 3.05) is 23.5 Å². The zero-order valence-electron chi connectivity index (χ0n) is 23.7. The molecule has 3 N–H and O–H groups in total. The summed E-state index contributed by atoms with van der Waals surface area (Å²) < 4.78 is 5.29. The van der Waals surface area contributed by atoms with Crippen molar-refractivity contribution in [2.24, 2.45) is 0 Å². The van der Waals surface area contributed by atoms with Crippen molar-refractivity contribution in [3.63, 3.8) is 0 Å². The van der Waals surface area contributed by atoms with Gasteiger partial charge in [0.1, 0.15) is 11.4 Å². The first kappa shape index (κ1) is 30.1. The van der Waals surface area contributed by atoms with Gasteiger partial charge < -0.3 is 20.7 Å². The van der Waals surface area contributed by atoms with E-state index in [0.717, 1.165) is 10.6 Å². The van der Waals surface area contributed by atoms with E-state index >= 15 is 0 Å². The first-order valence-corrected chi connectivity index (χ1v) is 14.5. The molecular formula is C34H33N3O4S. The number of carbonyl (C=O) groups is 3. The minimum absolute atomic E-state index is 0.0676. The molecule has 0 atom stereocenters. The maximum atomic E-state index is 13.4. The van der Waals surface area contributed by atoms with Crippen molar-refractivity contribution in [3.8, 4) is 5.75 Å². The molecule has 0 saturated heterocycles. The van der Waals surface area contributed by atoms with Crippen LogP contribution in [0, 0.1) is 0 Å². The number of amides is 3. The standard InChI is InChI=1S/C34H33N3O4S/c1-23(2)25-15-17-27(18-16-25)35-32(38)22-42-30-14-8-12-28(21-30)36-34(40)31(20-24-9-7-13-29(19-24)41-3)37-33(39)26-10-5-4-6-11-26/h4-21,23H,22H2,1-3H3,(H,35,38)(H,36,40)(H,37,39)/b31-20-. The van der Waals surface area contributed by atoms with Crippen molar-refractivity contribution < 1.29 is 19.1 Å². The summed E-state index contributed by atoms with van der Waals surface area (Å²) in [6.45, 7) is 4.25. The van der Waals surface area contributed by atoms with Crippen LogP contribution in [-0.4, -0.2) is 30.6 Å². The zero-order valence-corrected chi connectivity index (χ0v) is 24.5. The van der Waals surface area contributed by atoms with E-state index in [1.54, 1.807) is 73.8 Å². The minimum atomic E-state index is -0.494. The number of anilines is 2. The predicted molar refractivity (Wildman–Crippen MR) is 170 cm³/mol. The molecular weight excluding hydrogens is 546 g/mol. The van der Waals surface area contributed by atoms with Crippen LogP contribution in [0.15, 0.2) is 114 Å². The highest BCUT2D eigenvalue weighted by Gasteiger charge is 2.16. The maximum Gasteiger partial charge on any atom is 0.272 e. The molecule has 0 unspecified atom stereocenters. The Kier molecular flexibility index (Phi) is 10.6. The lowest BCUT2D eigenvalue weighted by Gasteiger charge is -2.12. The minimum Gasteiger partial charge on any atom is -0.497 e. The van der Waals surface area contributed by atoms with Crippen molar-refractivity contribution in [3.05, 3.63) is 126 Å². The molecule has 0 spiro atoms. The van der Waals surface area contributed by atoms with E-state index in [4.69, 9.17) is 4.74 Å². The van der Waals surface area contributed by atoms with Gasteiger partial charge in [0.2, 0.25) is 5.91 Å². The first-order valence-electron chi connectivity index (χ1n) is 13.5. The molecule has 4 rings (SSSR count). The average Bonchev–Trinajstić information content (AvgIpc) is 3.00. The number of benzene rings is 4. The second-order valence-corrected chi connectivity index (χ2v) is 10.8. The van der Waals surface area contributed by atoms with Crippen LogP contribution in [0.3, 0.4) is 0 Å². The summed E-state index contributed by atoms with van der Waals surface area (Å²) in [4.78, 5) is 39.6. The molecule has 0 aromatic heterocycles. The molecule has 0 heterocycles. The summed E-state index contributed by atoms with van der Waals surface area (Å²) in [7, 11) is 1.56. The molecule has 42 heavy (non-hydrogen) atoms. The number of thioether (sulfide) groups is 1. The van der Waals surface area contributed by atoms with Gasteiger partial charge in [0.05, 0.1) is 12.9 Å². The Morgan fingerprint density at radius 1 is 0.810 bits per heavy atom. The van der Waals surface area contributed by atoms with Crippen LogP contribution in [0.2, 0.25) is 0 Å². The van der Waals surface area contributed by atoms with Crippen LogP contribution < -0.4 is 20.7 Å². The summed E-state index contributed by atoms with van der Waals surface area (Å²) in [5, 5.41) is 8.52. The zero-order chi connectivity index (χ0) is 29.9. The highest BCUT2D eigenvalue weighted by atomic mass is 32.2. The van der Waals surface area contributed by atoms with Crippen LogP contribution >= 0.6 is 11.8 Å². The Labute approximate surface area is 250 Å². The van der Waals surface area contributed by atoms with Crippen LogP contribution in [0.25, 0.3) is 6.08 Å². The summed E-state index contributed by atoms with van der Waals surface area (Å²) in [6.07, 6.45) is 1.59. The number of hydrogen-bond donors (Lipinski definition) is 3. The number of methoxy groups -OCH3 is 1. The highest BCUT2D eigenvalue weighted by Crippen LogP contribution is 2.23. The predicted octanol–water partition coefficient (Wildman–Crippen LogP) is 6.96. The Morgan fingerprint density at radius 3 is 2.26 bits per heavy atom. The van der Waals surface area contributed by atoms with Crippen molar-refractivity contribution in [1.82, 2.24) is 5.32 Å². The Morgan fingerprint density at radius 2 is 1.55 bits per heavy atom. The summed E-state index contributed by atoms with van der Waals surface area (Å²) in [5.74, 6) is 0.225. The number of ether oxygens (including phenoxy) is 1. The lowest BCUT2D eigenvalue weighted by molar-refractivity contribution is -0.114. The summed E-state index contributed by atoms with van der Waals surface area (Å²) in [5.41, 5.74) is 3.66. The molecule has 0 radical (unpaired) electrons. The van der Waals surface area contributed by atoms with Gasteiger partial charge in [0.15, 0.2) is 0 Å². The van der Waals surface area contributed by atoms with Crippen LogP contribution in [0.1, 0.15) is 41.3 Å². The third-order valence-electron chi connectivity index (χ3n) is 6.26. The Hall–Kier alpha value is -4.82. The van der Waals surface area contributed by atoms with Crippen molar-refractivity contribution in [2.45, 2.75) is 24.7 Å². The van der Waals surface area contributed by atoms with Gasteiger partial charge >= 0.3 is 0 Å². The van der Waals surface area contributed by atoms with Crippen LogP contribution in [0.5, 0.6) is 5.75 Å². The lowest BCUT2D eigenvalue weighted by atomic mass is 10.0. The molecule has 8 heteroatoms. The van der Waals surface area contributed by atoms with Gasteiger partial charge in [-0.05, 0) is 77.7 Å². The number of carbonyl (C=O) groups excluding carboxylic acids is 3. The van der Waals surface area contributed by atoms with Gasteiger partial charge in [-0.3, -0.25) is 14.4 Å². The largest absolute Gasteiger partial charge is 0.497 e. The molecule has 0 bridgehead atoms. The molecule has 0 aliphatic rings. The molecule has 7 nitrogen and oxygen atoms in total. The number of nitrogens with one attached hydrogen (secondary N) is 3. The first-order chi connectivity index (χ1) is 20.3. The van der Waals surface area contributed by atoms with Crippen LogP contribution in [-0.2, 0) is 9.59 Å². The van der Waals surface area contributed by atoms with Crippen LogP contribution in [0.4, 0.5) is 11.4 Å². The average molecular weight is 580 g/mol. The topological polar surface area (TPSA) is 96.5 Å². The van der Waals surface area contributed by atoms with Gasteiger partial charge in [-0.2, -0.15) is 0 Å².